The fraction of sp³-hybridized carbons (Fsp3) is 0.625. The number of hydrogen-bond donors (Lipinski definition) is 0. The molecule has 0 bridgehead atoms. The number of rotatable bonds is 5. The van der Waals surface area contributed by atoms with Crippen LogP contribution in [0.1, 0.15) is 74.6 Å². The van der Waals surface area contributed by atoms with Gasteiger partial charge in [-0.05, 0) is 47.4 Å². The van der Waals surface area contributed by atoms with E-state index in [9.17, 15) is 0 Å². The molecule has 0 spiro atoms. The normalized spacial score (nSPS) is 13.1. The van der Waals surface area contributed by atoms with Crippen LogP contribution < -0.4 is 0 Å². The molecule has 1 heteroatoms. The minimum absolute atomic E-state index is 0.574. The number of hydrogen-bond acceptors (Lipinski definition) is 0. The Hall–Kier alpha value is -0.490. The van der Waals surface area contributed by atoms with Crippen molar-refractivity contribution in [2.24, 2.45) is 0 Å². The molecule has 1 aromatic carbocycles. The van der Waals surface area contributed by atoms with Crippen LogP contribution >= 0.6 is 11.6 Å². The van der Waals surface area contributed by atoms with Gasteiger partial charge in [-0.25, -0.2) is 0 Å². The van der Waals surface area contributed by atoms with Crippen LogP contribution in [0.5, 0.6) is 0 Å². The van der Waals surface area contributed by atoms with Crippen LogP contribution in [0.15, 0.2) is 12.1 Å². The highest BCUT2D eigenvalue weighted by atomic mass is 35.5. The topological polar surface area (TPSA) is 0 Å². The molecule has 0 aliphatic carbocycles. The van der Waals surface area contributed by atoms with Gasteiger partial charge in [0, 0.05) is 5.88 Å². The summed E-state index contributed by atoms with van der Waals surface area (Å²) in [6.45, 7) is 11.3. The minimum atomic E-state index is 0.574. The van der Waals surface area contributed by atoms with E-state index < -0.39 is 0 Å². The highest BCUT2D eigenvalue weighted by Crippen LogP contribution is 2.30. The highest BCUT2D eigenvalue weighted by molar-refractivity contribution is 6.17. The van der Waals surface area contributed by atoms with Gasteiger partial charge < -0.3 is 0 Å². The first-order valence-corrected chi connectivity index (χ1v) is 7.23. The Bertz CT molecular complexity index is 366. The summed E-state index contributed by atoms with van der Waals surface area (Å²) >= 11 is 6.06. The standard InChI is InChI=1S/C16H25Cl/c1-6-7-12(4)16-9-14(11(2)3)8-15(10-17)13(16)5/h8-9,11-12H,6-7,10H2,1-5H3/t12-/m0/s1. The Morgan fingerprint density at radius 3 is 2.29 bits per heavy atom. The maximum absolute atomic E-state index is 6.06. The fourth-order valence-electron chi connectivity index (χ4n) is 2.40. The van der Waals surface area contributed by atoms with Crippen LogP contribution in [0.2, 0.25) is 0 Å². The van der Waals surface area contributed by atoms with Crippen molar-refractivity contribution in [1.82, 2.24) is 0 Å². The number of alkyl halides is 1. The maximum Gasteiger partial charge on any atom is 0.0476 e. The molecule has 0 aromatic heterocycles. The SMILES string of the molecule is CCC[C@H](C)c1cc(C(C)C)cc(CCl)c1C. The predicted octanol–water partition coefficient (Wildman–Crippen LogP) is 5.76. The molecule has 0 unspecified atom stereocenters. The lowest BCUT2D eigenvalue weighted by Crippen LogP contribution is -2.02. The molecule has 0 amide bonds. The molecule has 0 saturated heterocycles. The van der Waals surface area contributed by atoms with Crippen molar-refractivity contribution in [1.29, 1.82) is 0 Å². The second-order valence-electron chi connectivity index (χ2n) is 5.37. The summed E-state index contributed by atoms with van der Waals surface area (Å²) in [6, 6.07) is 4.66. The van der Waals surface area contributed by atoms with Gasteiger partial charge in [0.15, 0.2) is 0 Å². The zero-order valence-electron chi connectivity index (χ0n) is 11.8. The van der Waals surface area contributed by atoms with Gasteiger partial charge in [0.05, 0.1) is 0 Å². The molecular formula is C16H25Cl. The first-order valence-electron chi connectivity index (χ1n) is 6.70. The van der Waals surface area contributed by atoms with Gasteiger partial charge in [-0.2, -0.15) is 0 Å². The summed E-state index contributed by atoms with van der Waals surface area (Å²) in [4.78, 5) is 0. The van der Waals surface area contributed by atoms with Crippen LogP contribution in [-0.2, 0) is 5.88 Å². The predicted molar refractivity (Wildman–Crippen MR) is 78.1 cm³/mol. The molecular weight excluding hydrogens is 228 g/mol. The lowest BCUT2D eigenvalue weighted by atomic mass is 9.86. The van der Waals surface area contributed by atoms with E-state index in [0.29, 0.717) is 17.7 Å². The van der Waals surface area contributed by atoms with E-state index in [1.807, 2.05) is 0 Å². The van der Waals surface area contributed by atoms with Crippen LogP contribution in [0.3, 0.4) is 0 Å². The number of halogens is 1. The van der Waals surface area contributed by atoms with Gasteiger partial charge in [-0.1, -0.05) is 46.2 Å². The van der Waals surface area contributed by atoms with Crippen LogP contribution in [0, 0.1) is 6.92 Å². The van der Waals surface area contributed by atoms with Crippen molar-refractivity contribution >= 4 is 11.6 Å². The quantitative estimate of drug-likeness (QED) is 0.585. The van der Waals surface area contributed by atoms with Crippen LogP contribution in [0.25, 0.3) is 0 Å². The van der Waals surface area contributed by atoms with E-state index in [-0.39, 0.29) is 0 Å². The molecule has 0 heterocycles. The maximum atomic E-state index is 6.06. The van der Waals surface area contributed by atoms with Crippen molar-refractivity contribution in [3.8, 4) is 0 Å². The zero-order chi connectivity index (χ0) is 13.0. The minimum Gasteiger partial charge on any atom is -0.122 e. The third-order valence-electron chi connectivity index (χ3n) is 3.64. The molecule has 0 aliphatic heterocycles. The molecule has 0 fully saturated rings. The summed E-state index contributed by atoms with van der Waals surface area (Å²) in [5, 5.41) is 0. The van der Waals surface area contributed by atoms with Crippen molar-refractivity contribution in [3.63, 3.8) is 0 Å². The second-order valence-corrected chi connectivity index (χ2v) is 5.64. The third-order valence-corrected chi connectivity index (χ3v) is 3.93. The van der Waals surface area contributed by atoms with E-state index in [1.54, 1.807) is 0 Å². The molecule has 1 rings (SSSR count). The third kappa shape index (κ3) is 3.48. The Morgan fingerprint density at radius 1 is 1.18 bits per heavy atom. The van der Waals surface area contributed by atoms with E-state index in [1.165, 1.54) is 35.1 Å². The lowest BCUT2D eigenvalue weighted by Gasteiger charge is -2.19. The molecule has 96 valence electrons. The Kier molecular flexibility index (Phi) is 5.52. The molecule has 17 heavy (non-hydrogen) atoms. The van der Waals surface area contributed by atoms with Crippen molar-refractivity contribution < 1.29 is 0 Å². The van der Waals surface area contributed by atoms with Crippen molar-refractivity contribution in [2.45, 2.75) is 65.2 Å². The van der Waals surface area contributed by atoms with Crippen molar-refractivity contribution in [2.75, 3.05) is 0 Å². The smallest absolute Gasteiger partial charge is 0.0476 e. The van der Waals surface area contributed by atoms with Gasteiger partial charge in [0.2, 0.25) is 0 Å². The average molecular weight is 253 g/mol. The Morgan fingerprint density at radius 2 is 1.82 bits per heavy atom. The van der Waals surface area contributed by atoms with Crippen molar-refractivity contribution in [3.05, 3.63) is 34.4 Å². The monoisotopic (exact) mass is 252 g/mol. The zero-order valence-corrected chi connectivity index (χ0v) is 12.6. The molecule has 0 nitrogen and oxygen atoms in total. The van der Waals surface area contributed by atoms with Gasteiger partial charge in [-0.15, -0.1) is 11.6 Å². The molecule has 1 aromatic rings. The number of benzene rings is 1. The van der Waals surface area contributed by atoms with Crippen LogP contribution in [-0.4, -0.2) is 0 Å². The van der Waals surface area contributed by atoms with E-state index in [0.717, 1.165) is 0 Å². The lowest BCUT2D eigenvalue weighted by molar-refractivity contribution is 0.658. The first kappa shape index (κ1) is 14.6. The fourth-order valence-corrected chi connectivity index (χ4v) is 2.67. The summed E-state index contributed by atoms with van der Waals surface area (Å²) in [5.41, 5.74) is 5.61. The Labute approximate surface area is 111 Å². The molecule has 0 N–H and O–H groups in total. The summed E-state index contributed by atoms with van der Waals surface area (Å²) in [6.07, 6.45) is 2.49. The van der Waals surface area contributed by atoms with Gasteiger partial charge >= 0.3 is 0 Å². The average Bonchev–Trinajstić information content (AvgIpc) is 2.29. The molecule has 0 radical (unpaired) electrons. The molecule has 0 saturated carbocycles. The van der Waals surface area contributed by atoms with Crippen LogP contribution in [0.4, 0.5) is 0 Å². The van der Waals surface area contributed by atoms with Gasteiger partial charge in [-0.3, -0.25) is 0 Å². The van der Waals surface area contributed by atoms with Gasteiger partial charge in [0.25, 0.3) is 0 Å². The largest absolute Gasteiger partial charge is 0.122 e. The summed E-state index contributed by atoms with van der Waals surface area (Å²) < 4.78 is 0. The second kappa shape index (κ2) is 6.44. The summed E-state index contributed by atoms with van der Waals surface area (Å²) in [7, 11) is 0. The summed E-state index contributed by atoms with van der Waals surface area (Å²) in [5.74, 6) is 1.84. The van der Waals surface area contributed by atoms with E-state index in [4.69, 9.17) is 11.6 Å². The molecule has 0 aliphatic rings. The highest BCUT2D eigenvalue weighted by Gasteiger charge is 2.13. The Balaban J connectivity index is 3.22. The molecule has 1 atom stereocenters. The van der Waals surface area contributed by atoms with Gasteiger partial charge in [0.1, 0.15) is 0 Å². The van der Waals surface area contributed by atoms with E-state index in [2.05, 4.69) is 46.8 Å². The van der Waals surface area contributed by atoms with E-state index >= 15 is 0 Å². The first-order chi connectivity index (χ1) is 8.01.